The lowest BCUT2D eigenvalue weighted by molar-refractivity contribution is -0.111. The lowest BCUT2D eigenvalue weighted by Crippen LogP contribution is -2.25. The van der Waals surface area contributed by atoms with E-state index in [1.807, 2.05) is 38.1 Å². The third-order valence-electron chi connectivity index (χ3n) is 4.48. The number of nitrogens with one attached hydrogen (secondary N) is 2. The number of anilines is 1. The second kappa shape index (κ2) is 8.32. The molecule has 1 aromatic carbocycles. The summed E-state index contributed by atoms with van der Waals surface area (Å²) in [6.45, 7) is 4.51. The van der Waals surface area contributed by atoms with Crippen LogP contribution in [0.15, 0.2) is 30.3 Å². The average molecular weight is 369 g/mol. The molecule has 0 fully saturated rings. The van der Waals surface area contributed by atoms with E-state index in [0.717, 1.165) is 36.8 Å². The zero-order valence-corrected chi connectivity index (χ0v) is 16.0. The number of fused-ring (bicyclic) bond motifs is 1. The molecule has 0 spiro atoms. The molecule has 3 rings (SSSR count). The first kappa shape index (κ1) is 18.4. The largest absolute Gasteiger partial charge is 0.352 e. The van der Waals surface area contributed by atoms with Crippen molar-refractivity contribution in [3.05, 3.63) is 57.5 Å². The Hall–Kier alpha value is -2.40. The molecule has 1 heterocycles. The number of hydrogen-bond acceptors (Lipinski definition) is 3. The van der Waals surface area contributed by atoms with E-state index in [-0.39, 0.29) is 11.8 Å². The van der Waals surface area contributed by atoms with Gasteiger partial charge in [0.2, 0.25) is 5.91 Å². The van der Waals surface area contributed by atoms with Crippen LogP contribution in [0.25, 0.3) is 6.08 Å². The van der Waals surface area contributed by atoms with Crippen LogP contribution in [-0.4, -0.2) is 18.4 Å². The van der Waals surface area contributed by atoms with Crippen molar-refractivity contribution in [3.8, 4) is 0 Å². The Morgan fingerprint density at radius 2 is 1.88 bits per heavy atom. The number of carbonyl (C=O) groups excluding carboxylic acids is 2. The van der Waals surface area contributed by atoms with Crippen LogP contribution >= 0.6 is 11.3 Å². The van der Waals surface area contributed by atoms with Gasteiger partial charge in [-0.05, 0) is 56.7 Å². The highest BCUT2D eigenvalue weighted by molar-refractivity contribution is 7.17. The summed E-state index contributed by atoms with van der Waals surface area (Å²) in [6.07, 6.45) is 7.44. The zero-order chi connectivity index (χ0) is 18.5. The van der Waals surface area contributed by atoms with Crippen LogP contribution < -0.4 is 10.6 Å². The molecule has 0 aliphatic heterocycles. The molecule has 0 saturated heterocycles. The Balaban J connectivity index is 1.80. The van der Waals surface area contributed by atoms with E-state index in [1.54, 1.807) is 17.4 Å². The van der Waals surface area contributed by atoms with E-state index in [2.05, 4.69) is 10.6 Å². The molecule has 0 bridgehead atoms. The molecule has 0 atom stereocenters. The van der Waals surface area contributed by atoms with Gasteiger partial charge in [0.15, 0.2) is 0 Å². The monoisotopic (exact) mass is 368 g/mol. The molecule has 0 radical (unpaired) electrons. The second-order valence-corrected chi connectivity index (χ2v) is 7.61. The van der Waals surface area contributed by atoms with Gasteiger partial charge < -0.3 is 10.6 Å². The Morgan fingerprint density at radius 3 is 2.62 bits per heavy atom. The Labute approximate surface area is 158 Å². The second-order valence-electron chi connectivity index (χ2n) is 6.51. The van der Waals surface area contributed by atoms with Gasteiger partial charge in [-0.3, -0.25) is 9.59 Å². The molecule has 2 N–H and O–H groups in total. The fraction of sp³-hybridized carbons (Fsp3) is 0.333. The van der Waals surface area contributed by atoms with E-state index >= 15 is 0 Å². The smallest absolute Gasteiger partial charge is 0.254 e. The average Bonchev–Trinajstić information content (AvgIpc) is 2.99. The molecule has 2 aromatic rings. The molecule has 1 aliphatic rings. The van der Waals surface area contributed by atoms with Gasteiger partial charge in [-0.15, -0.1) is 11.3 Å². The summed E-state index contributed by atoms with van der Waals surface area (Å²) in [7, 11) is 0. The molecular weight excluding hydrogens is 344 g/mol. The van der Waals surface area contributed by atoms with Crippen molar-refractivity contribution in [1.82, 2.24) is 5.32 Å². The lowest BCUT2D eigenvalue weighted by atomic mass is 9.95. The SMILES string of the molecule is CCNC(=O)c1c(NC(=O)C=Cc2ccc(C)cc2)sc2c1CCCC2. The highest BCUT2D eigenvalue weighted by atomic mass is 32.1. The molecule has 1 aromatic heterocycles. The predicted octanol–water partition coefficient (Wildman–Crippen LogP) is 4.34. The van der Waals surface area contributed by atoms with Crippen molar-refractivity contribution in [1.29, 1.82) is 0 Å². The van der Waals surface area contributed by atoms with Crippen LogP contribution in [0.3, 0.4) is 0 Å². The summed E-state index contributed by atoms with van der Waals surface area (Å²) in [5.41, 5.74) is 3.93. The summed E-state index contributed by atoms with van der Waals surface area (Å²) in [4.78, 5) is 26.1. The van der Waals surface area contributed by atoms with Gasteiger partial charge in [0.05, 0.1) is 5.56 Å². The van der Waals surface area contributed by atoms with E-state index in [0.29, 0.717) is 17.1 Å². The Bertz CT molecular complexity index is 834. The van der Waals surface area contributed by atoms with Crippen molar-refractivity contribution in [2.45, 2.75) is 39.5 Å². The van der Waals surface area contributed by atoms with Gasteiger partial charge in [0, 0.05) is 17.5 Å². The summed E-state index contributed by atoms with van der Waals surface area (Å²) in [5, 5.41) is 6.46. The van der Waals surface area contributed by atoms with Gasteiger partial charge in [0.25, 0.3) is 5.91 Å². The van der Waals surface area contributed by atoms with Gasteiger partial charge in [0.1, 0.15) is 5.00 Å². The fourth-order valence-corrected chi connectivity index (χ4v) is 4.44. The van der Waals surface area contributed by atoms with Gasteiger partial charge >= 0.3 is 0 Å². The Kier molecular flexibility index (Phi) is 5.89. The minimum Gasteiger partial charge on any atom is -0.352 e. The zero-order valence-electron chi connectivity index (χ0n) is 15.2. The predicted molar refractivity (Wildman–Crippen MR) is 108 cm³/mol. The number of rotatable bonds is 5. The molecule has 136 valence electrons. The molecule has 1 aliphatic carbocycles. The van der Waals surface area contributed by atoms with Crippen molar-refractivity contribution in [2.75, 3.05) is 11.9 Å². The first-order chi connectivity index (χ1) is 12.6. The standard InChI is InChI=1S/C21H24N2O2S/c1-3-22-20(25)19-16-6-4-5-7-17(16)26-21(19)23-18(24)13-12-15-10-8-14(2)9-11-15/h8-13H,3-7H2,1-2H3,(H,22,25)(H,23,24). The van der Waals surface area contributed by atoms with Crippen molar-refractivity contribution in [2.24, 2.45) is 0 Å². The van der Waals surface area contributed by atoms with Crippen molar-refractivity contribution in [3.63, 3.8) is 0 Å². The van der Waals surface area contributed by atoms with E-state index in [4.69, 9.17) is 0 Å². The van der Waals surface area contributed by atoms with E-state index in [9.17, 15) is 9.59 Å². The van der Waals surface area contributed by atoms with E-state index < -0.39 is 0 Å². The summed E-state index contributed by atoms with van der Waals surface area (Å²) in [5.74, 6) is -0.306. The maximum atomic E-state index is 12.5. The summed E-state index contributed by atoms with van der Waals surface area (Å²) in [6, 6.07) is 7.97. The molecule has 5 heteroatoms. The third-order valence-corrected chi connectivity index (χ3v) is 5.68. The molecular formula is C21H24N2O2S. The van der Waals surface area contributed by atoms with Gasteiger partial charge in [-0.2, -0.15) is 0 Å². The fourth-order valence-electron chi connectivity index (χ4n) is 3.15. The first-order valence-electron chi connectivity index (χ1n) is 9.07. The summed E-state index contributed by atoms with van der Waals surface area (Å²) >= 11 is 1.54. The summed E-state index contributed by atoms with van der Waals surface area (Å²) < 4.78 is 0. The van der Waals surface area contributed by atoms with Crippen LogP contribution in [0.1, 0.15) is 51.7 Å². The third kappa shape index (κ3) is 4.22. The van der Waals surface area contributed by atoms with E-state index in [1.165, 1.54) is 16.5 Å². The number of hydrogen-bond donors (Lipinski definition) is 2. The van der Waals surface area contributed by atoms with Crippen LogP contribution in [0.2, 0.25) is 0 Å². The van der Waals surface area contributed by atoms with Crippen LogP contribution in [0, 0.1) is 6.92 Å². The molecule has 2 amide bonds. The van der Waals surface area contributed by atoms with Crippen LogP contribution in [0.5, 0.6) is 0 Å². The highest BCUT2D eigenvalue weighted by Gasteiger charge is 2.25. The first-order valence-corrected chi connectivity index (χ1v) is 9.88. The van der Waals surface area contributed by atoms with Crippen LogP contribution in [0.4, 0.5) is 5.00 Å². The van der Waals surface area contributed by atoms with Crippen LogP contribution in [-0.2, 0) is 17.6 Å². The minimum absolute atomic E-state index is 0.0929. The number of benzene rings is 1. The van der Waals surface area contributed by atoms with Crippen molar-refractivity contribution >= 4 is 34.2 Å². The van der Waals surface area contributed by atoms with Crippen molar-refractivity contribution < 1.29 is 9.59 Å². The number of amides is 2. The number of thiophene rings is 1. The quantitative estimate of drug-likeness (QED) is 0.772. The highest BCUT2D eigenvalue weighted by Crippen LogP contribution is 2.38. The van der Waals surface area contributed by atoms with Gasteiger partial charge in [-0.25, -0.2) is 0 Å². The number of carbonyl (C=O) groups is 2. The lowest BCUT2D eigenvalue weighted by Gasteiger charge is -2.12. The molecule has 0 saturated carbocycles. The molecule has 26 heavy (non-hydrogen) atoms. The normalized spacial score (nSPS) is 13.5. The maximum Gasteiger partial charge on any atom is 0.254 e. The maximum absolute atomic E-state index is 12.5. The Morgan fingerprint density at radius 1 is 1.15 bits per heavy atom. The topological polar surface area (TPSA) is 58.2 Å². The molecule has 4 nitrogen and oxygen atoms in total. The van der Waals surface area contributed by atoms with Gasteiger partial charge in [-0.1, -0.05) is 29.8 Å². The minimum atomic E-state index is -0.213. The molecule has 0 unspecified atom stereocenters. The number of aryl methyl sites for hydroxylation is 2.